The summed E-state index contributed by atoms with van der Waals surface area (Å²) >= 11 is 0. The first-order valence-electron chi connectivity index (χ1n) is 9.09. The molecule has 0 aliphatic rings. The van der Waals surface area contributed by atoms with Gasteiger partial charge in [-0.25, -0.2) is 0 Å². The maximum absolute atomic E-state index is 6.21. The zero-order valence-corrected chi connectivity index (χ0v) is 15.4. The van der Waals surface area contributed by atoms with Crippen molar-refractivity contribution >= 4 is 10.8 Å². The van der Waals surface area contributed by atoms with E-state index in [1.165, 1.54) is 27.5 Å². The highest BCUT2D eigenvalue weighted by Gasteiger charge is 2.10. The van der Waals surface area contributed by atoms with Crippen LogP contribution in [0.15, 0.2) is 60.7 Å². The molecular weight excluding hydrogens is 306 g/mol. The van der Waals surface area contributed by atoms with Crippen molar-refractivity contribution in [1.29, 1.82) is 0 Å². The summed E-state index contributed by atoms with van der Waals surface area (Å²) in [4.78, 5) is 0. The zero-order chi connectivity index (χ0) is 17.6. The van der Waals surface area contributed by atoms with Gasteiger partial charge in [-0.1, -0.05) is 67.1 Å². The first-order valence-corrected chi connectivity index (χ1v) is 9.09. The molecule has 3 aromatic carbocycles. The number of hydrogen-bond acceptors (Lipinski definition) is 2. The second-order valence-corrected chi connectivity index (χ2v) is 6.73. The van der Waals surface area contributed by atoms with Gasteiger partial charge < -0.3 is 10.1 Å². The predicted molar refractivity (Wildman–Crippen MR) is 106 cm³/mol. The first-order chi connectivity index (χ1) is 12.2. The number of fused-ring (bicyclic) bond motifs is 1. The van der Waals surface area contributed by atoms with Crippen LogP contribution in [0, 0.1) is 6.92 Å². The summed E-state index contributed by atoms with van der Waals surface area (Å²) in [5.74, 6) is 0.969. The summed E-state index contributed by atoms with van der Waals surface area (Å²) in [7, 11) is 0. The Morgan fingerprint density at radius 2 is 1.84 bits per heavy atom. The Morgan fingerprint density at radius 1 is 1.00 bits per heavy atom. The number of rotatable bonds is 7. The Bertz CT molecular complexity index is 840. The molecule has 1 atom stereocenters. The molecule has 0 saturated heterocycles. The standard InChI is InChI=1S/C23H27NO/c1-4-18(3)24-15-22-21-11-6-5-10-20(21)12-13-23(22)25-16-19-9-7-8-17(2)14-19/h5-14,18,24H,4,15-16H2,1-3H3/t18-/m1/s1. The smallest absolute Gasteiger partial charge is 0.124 e. The lowest BCUT2D eigenvalue weighted by Crippen LogP contribution is -2.24. The summed E-state index contributed by atoms with van der Waals surface area (Å²) in [5, 5.41) is 6.13. The average Bonchev–Trinajstić information content (AvgIpc) is 2.64. The summed E-state index contributed by atoms with van der Waals surface area (Å²) in [6.45, 7) is 7.95. The molecule has 0 aromatic heterocycles. The van der Waals surface area contributed by atoms with E-state index in [1.54, 1.807) is 0 Å². The molecule has 0 aliphatic heterocycles. The van der Waals surface area contributed by atoms with E-state index in [2.05, 4.69) is 86.8 Å². The Kier molecular flexibility index (Phi) is 5.72. The number of benzene rings is 3. The van der Waals surface area contributed by atoms with Crippen LogP contribution in [0.1, 0.15) is 37.0 Å². The molecule has 3 aromatic rings. The van der Waals surface area contributed by atoms with E-state index in [0.717, 1.165) is 18.7 Å². The number of aryl methyl sites for hydroxylation is 1. The van der Waals surface area contributed by atoms with Gasteiger partial charge in [-0.2, -0.15) is 0 Å². The van der Waals surface area contributed by atoms with Crippen molar-refractivity contribution < 1.29 is 4.74 Å². The number of nitrogens with one attached hydrogen (secondary N) is 1. The number of ether oxygens (including phenoxy) is 1. The van der Waals surface area contributed by atoms with Crippen molar-refractivity contribution in [3.63, 3.8) is 0 Å². The van der Waals surface area contributed by atoms with Crippen molar-refractivity contribution in [2.45, 2.75) is 46.4 Å². The van der Waals surface area contributed by atoms with E-state index < -0.39 is 0 Å². The molecule has 130 valence electrons. The quantitative estimate of drug-likeness (QED) is 0.606. The summed E-state index contributed by atoms with van der Waals surface area (Å²) in [5.41, 5.74) is 3.71. The molecule has 25 heavy (non-hydrogen) atoms. The van der Waals surface area contributed by atoms with Gasteiger partial charge in [0.15, 0.2) is 0 Å². The highest BCUT2D eigenvalue weighted by atomic mass is 16.5. The van der Waals surface area contributed by atoms with Gasteiger partial charge >= 0.3 is 0 Å². The van der Waals surface area contributed by atoms with Gasteiger partial charge in [0.25, 0.3) is 0 Å². The summed E-state index contributed by atoms with van der Waals surface area (Å²) < 4.78 is 6.21. The fraction of sp³-hybridized carbons (Fsp3) is 0.304. The Morgan fingerprint density at radius 3 is 2.64 bits per heavy atom. The van der Waals surface area contributed by atoms with Crippen LogP contribution in [0.3, 0.4) is 0 Å². The van der Waals surface area contributed by atoms with E-state index in [0.29, 0.717) is 12.6 Å². The van der Waals surface area contributed by atoms with Crippen molar-refractivity contribution in [2.24, 2.45) is 0 Å². The zero-order valence-electron chi connectivity index (χ0n) is 15.4. The molecule has 0 amide bonds. The Labute approximate surface area is 150 Å². The molecule has 0 heterocycles. The Hall–Kier alpha value is -2.32. The lowest BCUT2D eigenvalue weighted by Gasteiger charge is -2.17. The summed E-state index contributed by atoms with van der Waals surface area (Å²) in [6, 6.07) is 21.8. The predicted octanol–water partition coefficient (Wildman–Crippen LogP) is 5.62. The van der Waals surface area contributed by atoms with Crippen LogP contribution in [0.25, 0.3) is 10.8 Å². The third-order valence-electron chi connectivity index (χ3n) is 4.71. The monoisotopic (exact) mass is 333 g/mol. The van der Waals surface area contributed by atoms with Gasteiger partial charge in [0, 0.05) is 18.2 Å². The highest BCUT2D eigenvalue weighted by Crippen LogP contribution is 2.29. The lowest BCUT2D eigenvalue weighted by atomic mass is 10.0. The maximum Gasteiger partial charge on any atom is 0.124 e. The fourth-order valence-electron chi connectivity index (χ4n) is 3.02. The van der Waals surface area contributed by atoms with E-state index in [1.807, 2.05) is 0 Å². The Balaban J connectivity index is 1.87. The third-order valence-corrected chi connectivity index (χ3v) is 4.71. The molecule has 0 saturated carbocycles. The van der Waals surface area contributed by atoms with E-state index in [9.17, 15) is 0 Å². The largest absolute Gasteiger partial charge is 0.489 e. The van der Waals surface area contributed by atoms with Crippen molar-refractivity contribution in [3.8, 4) is 5.75 Å². The fourth-order valence-corrected chi connectivity index (χ4v) is 3.02. The second kappa shape index (κ2) is 8.17. The molecule has 2 nitrogen and oxygen atoms in total. The van der Waals surface area contributed by atoms with Crippen LogP contribution in [0.2, 0.25) is 0 Å². The second-order valence-electron chi connectivity index (χ2n) is 6.73. The van der Waals surface area contributed by atoms with Gasteiger partial charge in [-0.15, -0.1) is 0 Å². The van der Waals surface area contributed by atoms with Crippen LogP contribution in [-0.4, -0.2) is 6.04 Å². The molecule has 2 heteroatoms. The minimum absolute atomic E-state index is 0.489. The topological polar surface area (TPSA) is 21.3 Å². The van der Waals surface area contributed by atoms with Crippen molar-refractivity contribution in [3.05, 3.63) is 77.4 Å². The number of hydrogen-bond donors (Lipinski definition) is 1. The SMILES string of the molecule is CC[C@@H](C)NCc1c(OCc2cccc(C)c2)ccc2ccccc12. The van der Waals surface area contributed by atoms with E-state index in [-0.39, 0.29) is 0 Å². The summed E-state index contributed by atoms with van der Waals surface area (Å²) in [6.07, 6.45) is 1.12. The maximum atomic E-state index is 6.21. The average molecular weight is 333 g/mol. The van der Waals surface area contributed by atoms with Crippen LogP contribution >= 0.6 is 0 Å². The van der Waals surface area contributed by atoms with Gasteiger partial charge in [-0.3, -0.25) is 0 Å². The van der Waals surface area contributed by atoms with Gasteiger partial charge in [0.05, 0.1) is 0 Å². The van der Waals surface area contributed by atoms with E-state index >= 15 is 0 Å². The van der Waals surface area contributed by atoms with Gasteiger partial charge in [0.1, 0.15) is 12.4 Å². The molecule has 0 radical (unpaired) electrons. The van der Waals surface area contributed by atoms with Gasteiger partial charge in [-0.05, 0) is 42.7 Å². The molecule has 0 aliphatic carbocycles. The molecule has 0 unspecified atom stereocenters. The highest BCUT2D eigenvalue weighted by molar-refractivity contribution is 5.87. The van der Waals surface area contributed by atoms with Crippen LogP contribution in [-0.2, 0) is 13.2 Å². The lowest BCUT2D eigenvalue weighted by molar-refractivity contribution is 0.302. The molecule has 1 N–H and O–H groups in total. The normalized spacial score (nSPS) is 12.3. The van der Waals surface area contributed by atoms with E-state index in [4.69, 9.17) is 4.74 Å². The minimum atomic E-state index is 0.489. The minimum Gasteiger partial charge on any atom is -0.489 e. The molecular formula is C23H27NO. The van der Waals surface area contributed by atoms with Gasteiger partial charge in [0.2, 0.25) is 0 Å². The molecule has 0 fully saturated rings. The van der Waals surface area contributed by atoms with Crippen LogP contribution in [0.5, 0.6) is 5.75 Å². The molecule has 3 rings (SSSR count). The molecule has 0 bridgehead atoms. The van der Waals surface area contributed by atoms with Crippen LogP contribution in [0.4, 0.5) is 0 Å². The van der Waals surface area contributed by atoms with Crippen molar-refractivity contribution in [2.75, 3.05) is 0 Å². The first kappa shape index (κ1) is 17.5. The van der Waals surface area contributed by atoms with Crippen molar-refractivity contribution in [1.82, 2.24) is 5.32 Å². The molecule has 0 spiro atoms. The van der Waals surface area contributed by atoms with Crippen LogP contribution < -0.4 is 10.1 Å². The third kappa shape index (κ3) is 4.40.